The van der Waals surface area contributed by atoms with Crippen molar-refractivity contribution in [1.29, 1.82) is 0 Å². The van der Waals surface area contributed by atoms with Gasteiger partial charge in [0.05, 0.1) is 6.61 Å². The molecule has 0 aliphatic carbocycles. The normalized spacial score (nSPS) is 10.5. The van der Waals surface area contributed by atoms with Crippen LogP contribution in [0.3, 0.4) is 0 Å². The van der Waals surface area contributed by atoms with Crippen LogP contribution in [0.1, 0.15) is 18.9 Å². The summed E-state index contributed by atoms with van der Waals surface area (Å²) >= 11 is 0. The first kappa shape index (κ1) is 11.3. The van der Waals surface area contributed by atoms with Crippen molar-refractivity contribution in [3.05, 3.63) is 35.9 Å². The first-order chi connectivity index (χ1) is 7.22. The molecule has 0 saturated heterocycles. The van der Waals surface area contributed by atoms with Crippen LogP contribution >= 0.6 is 0 Å². The van der Waals surface area contributed by atoms with Gasteiger partial charge < -0.3 is 9.84 Å². The Balaban J connectivity index is 2.69. The van der Waals surface area contributed by atoms with Crippen LogP contribution in [0.2, 0.25) is 0 Å². The van der Waals surface area contributed by atoms with Gasteiger partial charge in [0.15, 0.2) is 0 Å². The predicted octanol–water partition coefficient (Wildman–Crippen LogP) is 2.57. The average molecular weight is 206 g/mol. The fraction of sp³-hybridized carbons (Fsp3) is 0.250. The maximum atomic E-state index is 10.3. The van der Waals surface area contributed by atoms with E-state index in [4.69, 9.17) is 9.84 Å². The standard InChI is InChI=1S/C12H14O3/c1-2-8-15-11-5-3-4-10(9-11)6-7-12(13)14/h3-7,9H,2,8H2,1H3,(H,13,14)/b7-6+. The maximum absolute atomic E-state index is 10.3. The SMILES string of the molecule is CCCOc1cccc(/C=C/C(=O)O)c1. The van der Waals surface area contributed by atoms with E-state index < -0.39 is 5.97 Å². The van der Waals surface area contributed by atoms with Gasteiger partial charge in [-0.15, -0.1) is 0 Å². The predicted molar refractivity (Wildman–Crippen MR) is 58.9 cm³/mol. The van der Waals surface area contributed by atoms with Crippen LogP contribution in [0.15, 0.2) is 30.3 Å². The highest BCUT2D eigenvalue weighted by molar-refractivity contribution is 5.85. The van der Waals surface area contributed by atoms with E-state index in [1.54, 1.807) is 6.08 Å². The Hall–Kier alpha value is -1.77. The minimum atomic E-state index is -0.949. The Morgan fingerprint density at radius 3 is 3.00 bits per heavy atom. The summed E-state index contributed by atoms with van der Waals surface area (Å²) in [5.41, 5.74) is 0.825. The highest BCUT2D eigenvalue weighted by Crippen LogP contribution is 2.14. The number of hydrogen-bond acceptors (Lipinski definition) is 2. The number of rotatable bonds is 5. The van der Waals surface area contributed by atoms with Crippen molar-refractivity contribution < 1.29 is 14.6 Å². The van der Waals surface area contributed by atoms with Gasteiger partial charge in [0.1, 0.15) is 5.75 Å². The molecule has 15 heavy (non-hydrogen) atoms. The lowest BCUT2D eigenvalue weighted by molar-refractivity contribution is -0.131. The highest BCUT2D eigenvalue weighted by Gasteiger charge is 1.94. The Bertz CT molecular complexity index is 356. The molecule has 3 heteroatoms. The molecule has 3 nitrogen and oxygen atoms in total. The molecular formula is C12H14O3. The lowest BCUT2D eigenvalue weighted by Crippen LogP contribution is -1.94. The van der Waals surface area contributed by atoms with Crippen molar-refractivity contribution in [2.24, 2.45) is 0 Å². The van der Waals surface area contributed by atoms with E-state index in [9.17, 15) is 4.79 Å². The molecule has 0 fully saturated rings. The van der Waals surface area contributed by atoms with Crippen LogP contribution in [0, 0.1) is 0 Å². The molecular weight excluding hydrogens is 192 g/mol. The molecule has 1 aromatic carbocycles. The minimum absolute atomic E-state index is 0.673. The lowest BCUT2D eigenvalue weighted by atomic mass is 10.2. The first-order valence-electron chi connectivity index (χ1n) is 4.86. The van der Waals surface area contributed by atoms with Crippen molar-refractivity contribution in [2.45, 2.75) is 13.3 Å². The summed E-state index contributed by atoms with van der Waals surface area (Å²) < 4.78 is 5.42. The molecule has 0 aromatic heterocycles. The monoisotopic (exact) mass is 206 g/mol. The van der Waals surface area contributed by atoms with Gasteiger partial charge in [-0.25, -0.2) is 4.79 Å². The summed E-state index contributed by atoms with van der Waals surface area (Å²) in [6.45, 7) is 2.71. The zero-order valence-corrected chi connectivity index (χ0v) is 8.64. The first-order valence-corrected chi connectivity index (χ1v) is 4.86. The molecule has 0 aliphatic rings. The van der Waals surface area contributed by atoms with Gasteiger partial charge in [-0.2, -0.15) is 0 Å². The summed E-state index contributed by atoms with van der Waals surface area (Å²) in [5, 5.41) is 8.47. The van der Waals surface area contributed by atoms with Crippen LogP contribution in [0.4, 0.5) is 0 Å². The Labute approximate surface area is 89.0 Å². The molecule has 0 heterocycles. The van der Waals surface area contributed by atoms with Crippen molar-refractivity contribution in [1.82, 2.24) is 0 Å². The minimum Gasteiger partial charge on any atom is -0.494 e. The third-order valence-electron chi connectivity index (χ3n) is 1.75. The van der Waals surface area contributed by atoms with E-state index in [0.29, 0.717) is 6.61 Å². The zero-order chi connectivity index (χ0) is 11.1. The van der Waals surface area contributed by atoms with Crippen molar-refractivity contribution in [2.75, 3.05) is 6.61 Å². The third-order valence-corrected chi connectivity index (χ3v) is 1.75. The average Bonchev–Trinajstić information content (AvgIpc) is 2.24. The van der Waals surface area contributed by atoms with Gasteiger partial charge in [0, 0.05) is 6.08 Å². The smallest absolute Gasteiger partial charge is 0.328 e. The Morgan fingerprint density at radius 1 is 1.53 bits per heavy atom. The molecule has 0 spiro atoms. The molecule has 1 rings (SSSR count). The van der Waals surface area contributed by atoms with E-state index in [2.05, 4.69) is 0 Å². The molecule has 0 amide bonds. The summed E-state index contributed by atoms with van der Waals surface area (Å²) in [6.07, 6.45) is 3.61. The van der Waals surface area contributed by atoms with Gasteiger partial charge in [-0.05, 0) is 30.2 Å². The summed E-state index contributed by atoms with van der Waals surface area (Å²) in [4.78, 5) is 10.3. The Kier molecular flexibility index (Phi) is 4.41. The molecule has 0 atom stereocenters. The fourth-order valence-corrected chi connectivity index (χ4v) is 1.10. The number of carboxylic acids is 1. The van der Waals surface area contributed by atoms with Gasteiger partial charge in [0.25, 0.3) is 0 Å². The second-order valence-electron chi connectivity index (χ2n) is 3.09. The molecule has 0 radical (unpaired) electrons. The van der Waals surface area contributed by atoms with Crippen LogP contribution in [-0.4, -0.2) is 17.7 Å². The number of ether oxygens (including phenoxy) is 1. The van der Waals surface area contributed by atoms with Crippen LogP contribution in [0.25, 0.3) is 6.08 Å². The van der Waals surface area contributed by atoms with Crippen LogP contribution < -0.4 is 4.74 Å². The molecule has 0 aliphatic heterocycles. The fourth-order valence-electron chi connectivity index (χ4n) is 1.10. The Morgan fingerprint density at radius 2 is 2.33 bits per heavy atom. The van der Waals surface area contributed by atoms with Gasteiger partial charge in [0.2, 0.25) is 0 Å². The van der Waals surface area contributed by atoms with Crippen molar-refractivity contribution >= 4 is 12.0 Å². The van der Waals surface area contributed by atoms with E-state index in [-0.39, 0.29) is 0 Å². The molecule has 1 aromatic rings. The number of aliphatic carboxylic acids is 1. The summed E-state index contributed by atoms with van der Waals surface area (Å²) in [7, 11) is 0. The maximum Gasteiger partial charge on any atom is 0.328 e. The molecule has 1 N–H and O–H groups in total. The third kappa shape index (κ3) is 4.31. The van der Waals surface area contributed by atoms with Crippen LogP contribution in [0.5, 0.6) is 5.75 Å². The van der Waals surface area contributed by atoms with Gasteiger partial charge in [-0.3, -0.25) is 0 Å². The highest BCUT2D eigenvalue weighted by atomic mass is 16.5. The molecule has 0 bridgehead atoms. The summed E-state index contributed by atoms with van der Waals surface area (Å²) in [6, 6.07) is 7.34. The topological polar surface area (TPSA) is 46.5 Å². The van der Waals surface area contributed by atoms with E-state index in [1.807, 2.05) is 31.2 Å². The molecule has 0 unspecified atom stereocenters. The number of carboxylic acid groups (broad SMARTS) is 1. The second-order valence-corrected chi connectivity index (χ2v) is 3.09. The lowest BCUT2D eigenvalue weighted by Gasteiger charge is -2.04. The number of carbonyl (C=O) groups is 1. The van der Waals surface area contributed by atoms with Gasteiger partial charge >= 0.3 is 5.97 Å². The quantitative estimate of drug-likeness (QED) is 0.753. The summed E-state index contributed by atoms with van der Waals surface area (Å²) in [5.74, 6) is -0.181. The van der Waals surface area contributed by atoms with E-state index in [1.165, 1.54) is 0 Å². The molecule has 0 saturated carbocycles. The zero-order valence-electron chi connectivity index (χ0n) is 8.64. The van der Waals surface area contributed by atoms with Crippen LogP contribution in [-0.2, 0) is 4.79 Å². The van der Waals surface area contributed by atoms with E-state index >= 15 is 0 Å². The van der Waals surface area contributed by atoms with Gasteiger partial charge in [-0.1, -0.05) is 19.1 Å². The molecule has 80 valence electrons. The second kappa shape index (κ2) is 5.86. The number of benzene rings is 1. The largest absolute Gasteiger partial charge is 0.494 e. The number of hydrogen-bond donors (Lipinski definition) is 1. The van der Waals surface area contributed by atoms with E-state index in [0.717, 1.165) is 23.8 Å². The van der Waals surface area contributed by atoms with Crippen molar-refractivity contribution in [3.63, 3.8) is 0 Å². The van der Waals surface area contributed by atoms with Crippen molar-refractivity contribution in [3.8, 4) is 5.75 Å².